The van der Waals surface area contributed by atoms with Crippen LogP contribution in [-0.2, 0) is 44.7 Å². The molecule has 328 valence electrons. The number of benzene rings is 2. The van der Waals surface area contributed by atoms with Crippen molar-refractivity contribution in [1.29, 1.82) is 0 Å². The number of rotatable bonds is 6. The Bertz CT molecular complexity index is 2050. The lowest BCUT2D eigenvalue weighted by molar-refractivity contribution is -0.164. The standard InChI is InChI=1S/C42H53N7O12/c1-22-6-5-7-26(14-22)16-29(45-42(57)44-27-8-9-33-34(17-27)60-13-12-59-33)36(51)46-35-25(4)61-41(56)31-15-23(2)19-48(31)38(53)24(3)43-37(52)32-21-58-11-10-47(32)39(54)30-18-28(50)20-49(30)40(35)55/h5-9,14,17,23-25,28-32,35,50H,10-13,15-16,18-21H2,1-4H3,(H,43,52)(H,46,51)(H2,44,45,57)/t23-,24+,25+,28-,29+,30+,31+,32+,35+/m1/s1. The van der Waals surface area contributed by atoms with Gasteiger partial charge in [-0.25, -0.2) is 9.59 Å². The maximum atomic E-state index is 14.8. The zero-order chi connectivity index (χ0) is 43.5. The molecule has 2 aromatic rings. The number of hydrogen-bond acceptors (Lipinski definition) is 12. The third kappa shape index (κ3) is 9.67. The molecule has 0 aliphatic carbocycles. The first kappa shape index (κ1) is 43.1. The minimum absolute atomic E-state index is 0.00556. The summed E-state index contributed by atoms with van der Waals surface area (Å²) in [5.41, 5.74) is 1.95. The third-order valence-electron chi connectivity index (χ3n) is 11.6. The fourth-order valence-corrected chi connectivity index (χ4v) is 8.57. The number of cyclic esters (lactones) is 1. The minimum Gasteiger partial charge on any atom is -0.486 e. The Morgan fingerprint density at radius 2 is 1.61 bits per heavy atom. The summed E-state index contributed by atoms with van der Waals surface area (Å²) in [4.78, 5) is 102. The molecule has 0 unspecified atom stereocenters. The molecule has 7 amide bonds. The van der Waals surface area contributed by atoms with Crippen molar-refractivity contribution in [2.75, 3.05) is 51.4 Å². The Balaban J connectivity index is 1.20. The summed E-state index contributed by atoms with van der Waals surface area (Å²) in [6, 6.07) is 3.90. The Morgan fingerprint density at radius 3 is 2.38 bits per heavy atom. The molecule has 4 saturated heterocycles. The molecule has 0 radical (unpaired) electrons. The van der Waals surface area contributed by atoms with E-state index in [1.165, 1.54) is 23.6 Å². The average molecular weight is 848 g/mol. The summed E-state index contributed by atoms with van der Waals surface area (Å²) >= 11 is 0. The number of amides is 7. The van der Waals surface area contributed by atoms with Crippen molar-refractivity contribution in [3.63, 3.8) is 0 Å². The normalized spacial score (nSPS) is 28.8. The van der Waals surface area contributed by atoms with Crippen LogP contribution in [0.25, 0.3) is 0 Å². The minimum atomic E-state index is -1.64. The molecule has 7 rings (SSSR count). The van der Waals surface area contributed by atoms with Gasteiger partial charge in [0.1, 0.15) is 55.6 Å². The molecule has 5 heterocycles. The van der Waals surface area contributed by atoms with Gasteiger partial charge in [-0.2, -0.15) is 0 Å². The lowest BCUT2D eigenvalue weighted by Gasteiger charge is -2.39. The number of fused-ring (bicyclic) bond motifs is 4. The maximum absolute atomic E-state index is 14.8. The largest absolute Gasteiger partial charge is 0.486 e. The molecule has 19 heteroatoms. The van der Waals surface area contributed by atoms with Gasteiger partial charge in [-0.3, -0.25) is 24.0 Å². The topological polar surface area (TPSA) is 234 Å². The summed E-state index contributed by atoms with van der Waals surface area (Å²) in [7, 11) is 0. The average Bonchev–Trinajstić information content (AvgIpc) is 3.83. The fourth-order valence-electron chi connectivity index (χ4n) is 8.57. The van der Waals surface area contributed by atoms with Gasteiger partial charge in [0.25, 0.3) is 0 Å². The van der Waals surface area contributed by atoms with E-state index in [0.29, 0.717) is 36.0 Å². The molecule has 0 bridgehead atoms. The second-order valence-electron chi connectivity index (χ2n) is 16.4. The molecule has 0 spiro atoms. The van der Waals surface area contributed by atoms with E-state index >= 15 is 0 Å². The van der Waals surface area contributed by atoms with Crippen LogP contribution in [0.1, 0.15) is 44.7 Å². The van der Waals surface area contributed by atoms with Crippen LogP contribution >= 0.6 is 0 Å². The number of hydrogen-bond donors (Lipinski definition) is 5. The molecule has 19 nitrogen and oxygen atoms in total. The van der Waals surface area contributed by atoms with Crippen molar-refractivity contribution in [2.24, 2.45) is 5.92 Å². The first-order valence-corrected chi connectivity index (χ1v) is 20.7. The highest BCUT2D eigenvalue weighted by Crippen LogP contribution is 2.33. The SMILES string of the molecule is Cc1cccc(C[C@H](NC(=O)Nc2ccc3c(c2)OCCO3)C(=O)N[C@@H]2C(=O)N3C[C@H](O)C[C@H]3C(=O)N3CCOC[C@H]3C(=O)N[C@@H](C)C(=O)N3C[C@H](C)C[C@H]3C(=O)O[C@H]2C)c1. The predicted molar refractivity (Wildman–Crippen MR) is 215 cm³/mol. The van der Waals surface area contributed by atoms with Crippen molar-refractivity contribution in [3.8, 4) is 11.5 Å². The maximum Gasteiger partial charge on any atom is 0.329 e. The number of aliphatic hydroxyl groups is 1. The number of carbonyl (C=O) groups is 7. The number of nitrogens with zero attached hydrogens (tertiary/aromatic N) is 3. The molecule has 61 heavy (non-hydrogen) atoms. The van der Waals surface area contributed by atoms with E-state index in [9.17, 15) is 38.7 Å². The molecule has 9 atom stereocenters. The van der Waals surface area contributed by atoms with E-state index in [1.54, 1.807) is 30.3 Å². The molecule has 5 aliphatic heterocycles. The van der Waals surface area contributed by atoms with Gasteiger partial charge in [0, 0.05) is 44.2 Å². The summed E-state index contributed by atoms with van der Waals surface area (Å²) in [5, 5.41) is 21.7. The van der Waals surface area contributed by atoms with E-state index in [0.717, 1.165) is 10.5 Å². The van der Waals surface area contributed by atoms with Crippen molar-refractivity contribution in [2.45, 2.75) is 95.4 Å². The van der Waals surface area contributed by atoms with Crippen LogP contribution in [0.4, 0.5) is 10.5 Å². The Kier molecular flexibility index (Phi) is 13.0. The van der Waals surface area contributed by atoms with E-state index in [4.69, 9.17) is 18.9 Å². The molecular weight excluding hydrogens is 794 g/mol. The zero-order valence-electron chi connectivity index (χ0n) is 34.6. The highest BCUT2D eigenvalue weighted by molar-refractivity contribution is 5.99. The molecule has 5 N–H and O–H groups in total. The second-order valence-corrected chi connectivity index (χ2v) is 16.4. The predicted octanol–water partition coefficient (Wildman–Crippen LogP) is -0.140. The number of nitrogens with one attached hydrogen (secondary N) is 4. The Labute approximate surface area is 352 Å². The van der Waals surface area contributed by atoms with Gasteiger partial charge in [-0.15, -0.1) is 0 Å². The molecule has 4 fully saturated rings. The number of anilines is 1. The number of aryl methyl sites for hydroxylation is 1. The van der Waals surface area contributed by atoms with Crippen LogP contribution in [-0.4, -0.2) is 156 Å². The smallest absolute Gasteiger partial charge is 0.329 e. The highest BCUT2D eigenvalue weighted by atomic mass is 16.6. The van der Waals surface area contributed by atoms with E-state index in [1.807, 2.05) is 26.0 Å². The number of urea groups is 1. The van der Waals surface area contributed by atoms with Crippen molar-refractivity contribution < 1.29 is 57.6 Å². The quantitative estimate of drug-likeness (QED) is 0.239. The van der Waals surface area contributed by atoms with Crippen LogP contribution in [0.15, 0.2) is 42.5 Å². The summed E-state index contributed by atoms with van der Waals surface area (Å²) in [6.07, 6.45) is -2.47. The van der Waals surface area contributed by atoms with Crippen molar-refractivity contribution in [3.05, 3.63) is 53.6 Å². The number of carbonyl (C=O) groups excluding carboxylic acids is 7. The number of morpholine rings is 1. The van der Waals surface area contributed by atoms with Crippen LogP contribution in [0.5, 0.6) is 11.5 Å². The summed E-state index contributed by atoms with van der Waals surface area (Å²) in [5.74, 6) is -3.51. The molecular formula is C42H53N7O12. The lowest BCUT2D eigenvalue weighted by atomic mass is 10.0. The summed E-state index contributed by atoms with van der Waals surface area (Å²) < 4.78 is 22.7. The Morgan fingerprint density at radius 1 is 0.852 bits per heavy atom. The first-order valence-electron chi connectivity index (χ1n) is 20.7. The van der Waals surface area contributed by atoms with E-state index in [2.05, 4.69) is 21.3 Å². The fraction of sp³-hybridized carbons (Fsp3) is 0.548. The Hall–Kier alpha value is -5.95. The third-order valence-corrected chi connectivity index (χ3v) is 11.6. The van der Waals surface area contributed by atoms with Crippen LogP contribution in [0.2, 0.25) is 0 Å². The molecule has 5 aliphatic rings. The van der Waals surface area contributed by atoms with Crippen molar-refractivity contribution in [1.82, 2.24) is 30.7 Å². The van der Waals surface area contributed by atoms with E-state index < -0.39 is 90.0 Å². The lowest BCUT2D eigenvalue weighted by Crippen LogP contribution is -2.64. The highest BCUT2D eigenvalue weighted by Gasteiger charge is 2.49. The van der Waals surface area contributed by atoms with Crippen LogP contribution in [0.3, 0.4) is 0 Å². The summed E-state index contributed by atoms with van der Waals surface area (Å²) in [6.45, 7) is 7.18. The van der Waals surface area contributed by atoms with Gasteiger partial charge >= 0.3 is 12.0 Å². The van der Waals surface area contributed by atoms with Gasteiger partial charge in [0.2, 0.25) is 29.5 Å². The van der Waals surface area contributed by atoms with Gasteiger partial charge in [-0.05, 0) is 50.8 Å². The second kappa shape index (κ2) is 18.3. The monoisotopic (exact) mass is 847 g/mol. The van der Waals surface area contributed by atoms with Gasteiger partial charge in [0.15, 0.2) is 11.5 Å². The van der Waals surface area contributed by atoms with Gasteiger partial charge in [0.05, 0.1) is 19.3 Å². The van der Waals surface area contributed by atoms with Gasteiger partial charge < -0.3 is 60.0 Å². The van der Waals surface area contributed by atoms with Crippen LogP contribution < -0.4 is 30.7 Å². The molecule has 0 saturated carbocycles. The van der Waals surface area contributed by atoms with Crippen molar-refractivity contribution >= 4 is 47.2 Å². The van der Waals surface area contributed by atoms with Gasteiger partial charge in [-0.1, -0.05) is 36.8 Å². The number of aliphatic hydroxyl groups excluding tert-OH is 1. The first-order chi connectivity index (χ1) is 29.2. The molecule has 2 aromatic carbocycles. The zero-order valence-corrected chi connectivity index (χ0v) is 34.6. The number of esters is 1. The molecule has 0 aromatic heterocycles. The van der Waals surface area contributed by atoms with Crippen LogP contribution in [0, 0.1) is 12.8 Å². The number of ether oxygens (including phenoxy) is 4. The van der Waals surface area contributed by atoms with E-state index in [-0.39, 0.29) is 58.0 Å².